The molecule has 3 atom stereocenters. The molecule has 10 heteroatoms. The number of carbonyl (C=O) groups excluding carboxylic acids is 1. The molecule has 0 aliphatic carbocycles. The summed E-state index contributed by atoms with van der Waals surface area (Å²) in [7, 11) is 0. The van der Waals surface area contributed by atoms with Gasteiger partial charge in [-0.05, 0) is 35.7 Å². The van der Waals surface area contributed by atoms with Gasteiger partial charge in [0.15, 0.2) is 6.10 Å². The summed E-state index contributed by atoms with van der Waals surface area (Å²) in [5.41, 5.74) is 5.48. The number of fused-ring (bicyclic) bond motifs is 3. The number of rotatable bonds is 5. The third kappa shape index (κ3) is 3.11. The molecule has 3 aromatic rings. The first-order chi connectivity index (χ1) is 15.7. The van der Waals surface area contributed by atoms with E-state index in [0.717, 1.165) is 40.2 Å². The Labute approximate surface area is 183 Å². The largest absolute Gasteiger partial charge is 0.442 e. The van der Waals surface area contributed by atoms with Gasteiger partial charge in [0.1, 0.15) is 11.8 Å². The Bertz CT molecular complexity index is 1190. The minimum absolute atomic E-state index is 0.0581. The first-order valence-electron chi connectivity index (χ1n) is 10.5. The van der Waals surface area contributed by atoms with E-state index >= 15 is 0 Å². The molecule has 0 radical (unpaired) electrons. The lowest BCUT2D eigenvalue weighted by Crippen LogP contribution is -2.35. The molecule has 32 heavy (non-hydrogen) atoms. The van der Waals surface area contributed by atoms with Crippen LogP contribution in [0.15, 0.2) is 54.1 Å². The third-order valence-electron chi connectivity index (χ3n) is 6.15. The second-order valence-electron chi connectivity index (χ2n) is 8.12. The van der Waals surface area contributed by atoms with Crippen molar-refractivity contribution in [3.8, 4) is 11.1 Å². The van der Waals surface area contributed by atoms with Crippen LogP contribution in [-0.2, 0) is 22.5 Å². The molecule has 0 spiro atoms. The summed E-state index contributed by atoms with van der Waals surface area (Å²) in [6, 6.07) is 9.93. The zero-order valence-electron chi connectivity index (χ0n) is 17.0. The number of pyridine rings is 1. The zero-order chi connectivity index (χ0) is 21.7. The fourth-order valence-electron chi connectivity index (χ4n) is 4.54. The highest BCUT2D eigenvalue weighted by Crippen LogP contribution is 2.40. The molecule has 5 heterocycles. The number of amides is 1. The molecule has 1 aromatic carbocycles. The Hall–Kier alpha value is -3.79. The van der Waals surface area contributed by atoms with Crippen molar-refractivity contribution in [1.29, 1.82) is 0 Å². The van der Waals surface area contributed by atoms with Crippen LogP contribution in [0.3, 0.4) is 0 Å². The summed E-state index contributed by atoms with van der Waals surface area (Å²) in [5.74, 6) is 0. The minimum Gasteiger partial charge on any atom is -0.442 e. The van der Waals surface area contributed by atoms with Crippen LogP contribution in [-0.4, -0.2) is 61.7 Å². The van der Waals surface area contributed by atoms with Gasteiger partial charge < -0.3 is 14.7 Å². The van der Waals surface area contributed by atoms with Crippen LogP contribution in [0.25, 0.3) is 11.1 Å². The van der Waals surface area contributed by atoms with Gasteiger partial charge in [-0.2, -0.15) is 0 Å². The fraction of sp³-hybridized carbons (Fsp3) is 0.318. The van der Waals surface area contributed by atoms with Crippen LogP contribution < -0.4 is 4.90 Å². The summed E-state index contributed by atoms with van der Waals surface area (Å²) in [6.07, 6.45) is 5.56. The summed E-state index contributed by atoms with van der Waals surface area (Å²) in [5, 5.41) is 21.0. The van der Waals surface area contributed by atoms with E-state index in [1.54, 1.807) is 22.0 Å². The van der Waals surface area contributed by atoms with Crippen molar-refractivity contribution in [2.75, 3.05) is 11.5 Å². The normalized spacial score (nSPS) is 23.5. The Morgan fingerprint density at radius 2 is 2.06 bits per heavy atom. The van der Waals surface area contributed by atoms with Gasteiger partial charge in [-0.1, -0.05) is 22.5 Å². The van der Waals surface area contributed by atoms with Crippen molar-refractivity contribution in [2.24, 2.45) is 5.16 Å². The average molecular weight is 432 g/mol. The van der Waals surface area contributed by atoms with Gasteiger partial charge in [-0.3, -0.25) is 9.88 Å². The van der Waals surface area contributed by atoms with E-state index in [0.29, 0.717) is 13.0 Å². The molecule has 10 nitrogen and oxygen atoms in total. The number of nitrogens with zero attached hydrogens (tertiary/aromatic N) is 6. The van der Waals surface area contributed by atoms with Crippen molar-refractivity contribution in [2.45, 2.75) is 37.6 Å². The molecular formula is C22H20N6O4. The lowest BCUT2D eigenvalue weighted by atomic mass is 10.00. The number of ether oxygens (including phenoxy) is 1. The number of anilines is 1. The highest BCUT2D eigenvalue weighted by molar-refractivity contribution is 6.00. The number of hydrogen-bond donors (Lipinski definition) is 1. The first-order valence-corrected chi connectivity index (χ1v) is 10.5. The van der Waals surface area contributed by atoms with Crippen molar-refractivity contribution in [3.63, 3.8) is 0 Å². The Balaban J connectivity index is 1.22. The van der Waals surface area contributed by atoms with Gasteiger partial charge in [0.2, 0.25) is 0 Å². The quantitative estimate of drug-likeness (QED) is 0.653. The maximum Gasteiger partial charge on any atom is 0.415 e. The molecule has 0 bridgehead atoms. The van der Waals surface area contributed by atoms with Crippen molar-refractivity contribution in [1.82, 2.24) is 20.0 Å². The molecule has 1 fully saturated rings. The summed E-state index contributed by atoms with van der Waals surface area (Å²) < 4.78 is 7.29. The Kier molecular flexibility index (Phi) is 4.39. The van der Waals surface area contributed by atoms with Gasteiger partial charge >= 0.3 is 6.09 Å². The van der Waals surface area contributed by atoms with Crippen molar-refractivity contribution >= 4 is 17.5 Å². The lowest BCUT2D eigenvalue weighted by molar-refractivity contribution is 0.0390. The van der Waals surface area contributed by atoms with Crippen LogP contribution in [0.5, 0.6) is 0 Å². The number of aromatic nitrogens is 4. The van der Waals surface area contributed by atoms with E-state index in [1.807, 2.05) is 30.5 Å². The predicted octanol–water partition coefficient (Wildman–Crippen LogP) is 1.78. The maximum atomic E-state index is 12.5. The lowest BCUT2D eigenvalue weighted by Gasteiger charge is -2.16. The summed E-state index contributed by atoms with van der Waals surface area (Å²) in [6.45, 7) is 0.412. The number of hydrogen-bond acceptors (Lipinski definition) is 8. The second-order valence-corrected chi connectivity index (χ2v) is 8.12. The number of carbonyl (C=O) groups is 1. The molecule has 1 amide bonds. The molecule has 0 saturated carbocycles. The highest BCUT2D eigenvalue weighted by Gasteiger charge is 2.47. The Morgan fingerprint density at radius 3 is 2.81 bits per heavy atom. The standard InChI is InChI=1S/C22H20N6O4/c29-12-16-9-18(25-32-16)17-3-1-14(10-23-17)13-2-4-19-15(7-13)8-20-21(31-22(30)28(19)20)11-27-6-5-24-26-27/h1-7,10,16,20-21,29H,8-9,11-12H2/t16?,20-,21?/m0/s1. The molecule has 3 aliphatic heterocycles. The topological polar surface area (TPSA) is 115 Å². The second kappa shape index (κ2) is 7.41. The number of aliphatic hydroxyl groups is 1. The van der Waals surface area contributed by atoms with E-state index in [1.165, 1.54) is 0 Å². The van der Waals surface area contributed by atoms with Crippen LogP contribution in [0.4, 0.5) is 10.5 Å². The zero-order valence-corrected chi connectivity index (χ0v) is 17.0. The molecule has 6 rings (SSSR count). The maximum absolute atomic E-state index is 12.5. The van der Waals surface area contributed by atoms with Crippen LogP contribution in [0.2, 0.25) is 0 Å². The average Bonchev–Trinajstić information content (AvgIpc) is 3.60. The third-order valence-corrected chi connectivity index (χ3v) is 6.15. The number of aliphatic hydroxyl groups excluding tert-OH is 1. The van der Waals surface area contributed by atoms with E-state index in [9.17, 15) is 9.90 Å². The monoisotopic (exact) mass is 432 g/mol. The summed E-state index contributed by atoms with van der Waals surface area (Å²) >= 11 is 0. The van der Waals surface area contributed by atoms with Gasteiger partial charge in [0.05, 0.1) is 36.8 Å². The molecule has 2 unspecified atom stereocenters. The predicted molar refractivity (Wildman–Crippen MR) is 113 cm³/mol. The van der Waals surface area contributed by atoms with Crippen molar-refractivity contribution in [3.05, 3.63) is 60.2 Å². The fourth-order valence-corrected chi connectivity index (χ4v) is 4.54. The van der Waals surface area contributed by atoms with Gasteiger partial charge in [-0.25, -0.2) is 9.48 Å². The molecule has 1 saturated heterocycles. The number of oxime groups is 1. The molecule has 3 aliphatic rings. The van der Waals surface area contributed by atoms with E-state index in [4.69, 9.17) is 9.57 Å². The minimum atomic E-state index is -0.321. The molecule has 162 valence electrons. The van der Waals surface area contributed by atoms with Crippen molar-refractivity contribution < 1.29 is 19.5 Å². The highest BCUT2D eigenvalue weighted by atomic mass is 16.6. The van der Waals surface area contributed by atoms with E-state index < -0.39 is 0 Å². The number of benzene rings is 1. The smallest absolute Gasteiger partial charge is 0.415 e. The van der Waals surface area contributed by atoms with Crippen LogP contribution in [0, 0.1) is 0 Å². The molecule has 1 N–H and O–H groups in total. The van der Waals surface area contributed by atoms with Crippen LogP contribution in [0.1, 0.15) is 17.7 Å². The first kappa shape index (κ1) is 18.9. The SMILES string of the molecule is O=C1OC(Cn2ccnn2)[C@@H]2Cc3cc(-c4ccc(C5=NOC(CO)C5)nc4)ccc3N12. The van der Waals surface area contributed by atoms with E-state index in [2.05, 4.69) is 26.5 Å². The summed E-state index contributed by atoms with van der Waals surface area (Å²) in [4.78, 5) is 24.0. The number of cyclic esters (lactones) is 1. The molecule has 2 aromatic heterocycles. The van der Waals surface area contributed by atoms with Gasteiger partial charge in [0.25, 0.3) is 0 Å². The van der Waals surface area contributed by atoms with E-state index in [-0.39, 0.29) is 30.9 Å². The Morgan fingerprint density at radius 1 is 1.16 bits per heavy atom. The van der Waals surface area contributed by atoms with Gasteiger partial charge in [-0.15, -0.1) is 5.10 Å². The van der Waals surface area contributed by atoms with Gasteiger partial charge in [0, 0.05) is 24.4 Å². The molecular weight excluding hydrogens is 412 g/mol. The van der Waals surface area contributed by atoms with Crippen LogP contribution >= 0.6 is 0 Å².